The number of hydrogen-bond acceptors (Lipinski definition) is 5. The molecular weight excluding hydrogens is 244 g/mol. The normalized spacial score (nSPS) is 20.8. The lowest BCUT2D eigenvalue weighted by atomic mass is 9.98. The Hall–Kier alpha value is -1.36. The summed E-state index contributed by atoms with van der Waals surface area (Å²) in [4.78, 5) is 18.4. The van der Waals surface area contributed by atoms with Crippen LogP contribution in [0.2, 0.25) is 0 Å². The first-order valence-electron chi connectivity index (χ1n) is 6.80. The molecule has 1 fully saturated rings. The SMILES string of the molecule is COC(=O)c1nc(C2CCCN(C)C2)oc1C(C)C. The zero-order valence-electron chi connectivity index (χ0n) is 12.1. The van der Waals surface area contributed by atoms with Crippen LogP contribution < -0.4 is 0 Å². The van der Waals surface area contributed by atoms with Crippen LogP contribution in [-0.4, -0.2) is 43.1 Å². The van der Waals surface area contributed by atoms with Gasteiger partial charge in [-0.3, -0.25) is 0 Å². The predicted molar refractivity (Wildman–Crippen MR) is 71.4 cm³/mol. The minimum absolute atomic E-state index is 0.122. The van der Waals surface area contributed by atoms with Crippen LogP contribution >= 0.6 is 0 Å². The van der Waals surface area contributed by atoms with E-state index in [2.05, 4.69) is 16.9 Å². The second-order valence-corrected chi connectivity index (χ2v) is 5.51. The molecule has 1 aliphatic rings. The summed E-state index contributed by atoms with van der Waals surface area (Å²) in [6.45, 7) is 6.02. The third kappa shape index (κ3) is 2.97. The van der Waals surface area contributed by atoms with Crippen molar-refractivity contribution < 1.29 is 13.9 Å². The molecule has 0 spiro atoms. The Morgan fingerprint density at radius 1 is 1.53 bits per heavy atom. The fourth-order valence-electron chi connectivity index (χ4n) is 2.53. The van der Waals surface area contributed by atoms with Gasteiger partial charge in [0.15, 0.2) is 11.6 Å². The molecule has 5 heteroatoms. The molecule has 19 heavy (non-hydrogen) atoms. The first kappa shape index (κ1) is 14.1. The Labute approximate surface area is 113 Å². The number of nitrogens with zero attached hydrogens (tertiary/aromatic N) is 2. The molecule has 0 aliphatic carbocycles. The van der Waals surface area contributed by atoms with E-state index in [1.165, 1.54) is 7.11 Å². The molecule has 0 bridgehead atoms. The van der Waals surface area contributed by atoms with Gasteiger partial charge in [0.2, 0.25) is 0 Å². The summed E-state index contributed by atoms with van der Waals surface area (Å²) in [5.41, 5.74) is 0.334. The number of piperidine rings is 1. The Kier molecular flexibility index (Phi) is 4.24. The van der Waals surface area contributed by atoms with Crippen molar-refractivity contribution in [3.63, 3.8) is 0 Å². The van der Waals surface area contributed by atoms with E-state index in [0.29, 0.717) is 17.3 Å². The maximum atomic E-state index is 11.7. The van der Waals surface area contributed by atoms with Crippen molar-refractivity contribution in [2.75, 3.05) is 27.2 Å². The smallest absolute Gasteiger partial charge is 0.360 e. The standard InChI is InChI=1S/C14H22N2O3/c1-9(2)12-11(14(17)18-4)15-13(19-12)10-6-5-7-16(3)8-10/h9-10H,5-8H2,1-4H3. The van der Waals surface area contributed by atoms with Gasteiger partial charge in [0.1, 0.15) is 5.76 Å². The Balaban J connectivity index is 2.29. The molecule has 1 aromatic rings. The molecule has 1 saturated heterocycles. The average molecular weight is 266 g/mol. The number of oxazole rings is 1. The number of methoxy groups -OCH3 is 1. The minimum atomic E-state index is -0.414. The topological polar surface area (TPSA) is 55.6 Å². The summed E-state index contributed by atoms with van der Waals surface area (Å²) in [7, 11) is 3.47. The summed E-state index contributed by atoms with van der Waals surface area (Å²) in [6.07, 6.45) is 2.19. The van der Waals surface area contributed by atoms with E-state index in [4.69, 9.17) is 9.15 Å². The van der Waals surface area contributed by atoms with Gasteiger partial charge in [-0.05, 0) is 26.4 Å². The Morgan fingerprint density at radius 3 is 2.84 bits per heavy atom. The highest BCUT2D eigenvalue weighted by atomic mass is 16.5. The molecule has 2 rings (SSSR count). The molecule has 0 aromatic carbocycles. The van der Waals surface area contributed by atoms with Crippen molar-refractivity contribution in [1.82, 2.24) is 9.88 Å². The van der Waals surface area contributed by atoms with Crippen LogP contribution in [0.25, 0.3) is 0 Å². The maximum Gasteiger partial charge on any atom is 0.360 e. The second-order valence-electron chi connectivity index (χ2n) is 5.51. The highest BCUT2D eigenvalue weighted by Gasteiger charge is 2.28. The van der Waals surface area contributed by atoms with E-state index in [-0.39, 0.29) is 11.8 Å². The number of likely N-dealkylation sites (N-methyl/N-ethyl adjacent to an activating group) is 1. The van der Waals surface area contributed by atoms with E-state index >= 15 is 0 Å². The van der Waals surface area contributed by atoms with E-state index in [1.54, 1.807) is 0 Å². The summed E-state index contributed by atoms with van der Waals surface area (Å²) < 4.78 is 10.6. The van der Waals surface area contributed by atoms with Crippen LogP contribution in [-0.2, 0) is 4.74 Å². The summed E-state index contributed by atoms with van der Waals surface area (Å²) >= 11 is 0. The number of hydrogen-bond donors (Lipinski definition) is 0. The summed E-state index contributed by atoms with van der Waals surface area (Å²) in [6, 6.07) is 0. The fourth-order valence-corrected chi connectivity index (χ4v) is 2.53. The number of ether oxygens (including phenoxy) is 1. The molecule has 106 valence electrons. The first-order chi connectivity index (χ1) is 9.02. The molecule has 2 heterocycles. The van der Waals surface area contributed by atoms with Gasteiger partial charge in [-0.25, -0.2) is 9.78 Å². The van der Waals surface area contributed by atoms with Crippen LogP contribution in [0.5, 0.6) is 0 Å². The molecule has 0 radical (unpaired) electrons. The zero-order valence-corrected chi connectivity index (χ0v) is 12.1. The van der Waals surface area contributed by atoms with Crippen LogP contribution in [0.4, 0.5) is 0 Å². The second kappa shape index (κ2) is 5.74. The number of carbonyl (C=O) groups excluding carboxylic acids is 1. The third-order valence-electron chi connectivity index (χ3n) is 3.55. The predicted octanol–water partition coefficient (Wildman–Crippen LogP) is 2.39. The quantitative estimate of drug-likeness (QED) is 0.786. The van der Waals surface area contributed by atoms with Gasteiger partial charge in [0.25, 0.3) is 0 Å². The van der Waals surface area contributed by atoms with E-state index < -0.39 is 5.97 Å². The fraction of sp³-hybridized carbons (Fsp3) is 0.714. The Bertz CT molecular complexity index is 454. The largest absolute Gasteiger partial charge is 0.464 e. The lowest BCUT2D eigenvalue weighted by Gasteiger charge is -2.27. The zero-order chi connectivity index (χ0) is 14.0. The van der Waals surface area contributed by atoms with E-state index in [9.17, 15) is 4.79 Å². The molecular formula is C14H22N2O3. The molecule has 0 N–H and O–H groups in total. The number of likely N-dealkylation sites (tertiary alicyclic amines) is 1. The van der Waals surface area contributed by atoms with Gasteiger partial charge in [0, 0.05) is 18.4 Å². The molecule has 1 aliphatic heterocycles. The highest BCUT2D eigenvalue weighted by molar-refractivity contribution is 5.88. The molecule has 1 unspecified atom stereocenters. The van der Waals surface area contributed by atoms with Crippen LogP contribution in [0, 0.1) is 0 Å². The summed E-state index contributed by atoms with van der Waals surface area (Å²) in [5.74, 6) is 1.29. The monoisotopic (exact) mass is 266 g/mol. The van der Waals surface area contributed by atoms with Crippen molar-refractivity contribution in [2.45, 2.75) is 38.5 Å². The van der Waals surface area contributed by atoms with E-state index in [1.807, 2.05) is 13.8 Å². The van der Waals surface area contributed by atoms with Gasteiger partial charge in [-0.1, -0.05) is 13.8 Å². The van der Waals surface area contributed by atoms with Crippen molar-refractivity contribution in [1.29, 1.82) is 0 Å². The van der Waals surface area contributed by atoms with Crippen molar-refractivity contribution in [3.05, 3.63) is 17.3 Å². The van der Waals surface area contributed by atoms with Crippen molar-refractivity contribution in [3.8, 4) is 0 Å². The van der Waals surface area contributed by atoms with Gasteiger partial charge in [0.05, 0.1) is 7.11 Å². The van der Waals surface area contributed by atoms with E-state index in [0.717, 1.165) is 25.9 Å². The number of aromatic nitrogens is 1. The summed E-state index contributed by atoms with van der Waals surface area (Å²) in [5, 5.41) is 0. The van der Waals surface area contributed by atoms with Gasteiger partial charge in [-0.15, -0.1) is 0 Å². The van der Waals surface area contributed by atoms with Crippen LogP contribution in [0.1, 0.15) is 60.7 Å². The van der Waals surface area contributed by atoms with Gasteiger partial charge in [-0.2, -0.15) is 0 Å². The lowest BCUT2D eigenvalue weighted by Crippen LogP contribution is -2.31. The van der Waals surface area contributed by atoms with Crippen molar-refractivity contribution >= 4 is 5.97 Å². The minimum Gasteiger partial charge on any atom is -0.464 e. The first-order valence-corrected chi connectivity index (χ1v) is 6.80. The number of carbonyl (C=O) groups is 1. The van der Waals surface area contributed by atoms with Crippen LogP contribution in [0.15, 0.2) is 4.42 Å². The lowest BCUT2D eigenvalue weighted by molar-refractivity contribution is 0.0591. The molecule has 5 nitrogen and oxygen atoms in total. The maximum absolute atomic E-state index is 11.7. The van der Waals surface area contributed by atoms with Crippen molar-refractivity contribution in [2.24, 2.45) is 0 Å². The Morgan fingerprint density at radius 2 is 2.26 bits per heavy atom. The molecule has 1 atom stereocenters. The molecule has 1 aromatic heterocycles. The number of esters is 1. The van der Waals surface area contributed by atoms with Gasteiger partial charge >= 0.3 is 5.97 Å². The third-order valence-corrected chi connectivity index (χ3v) is 3.55. The molecule has 0 saturated carbocycles. The van der Waals surface area contributed by atoms with Gasteiger partial charge < -0.3 is 14.1 Å². The number of rotatable bonds is 3. The average Bonchev–Trinajstić information content (AvgIpc) is 2.83. The highest BCUT2D eigenvalue weighted by Crippen LogP contribution is 2.30. The van der Waals surface area contributed by atoms with Crippen LogP contribution in [0.3, 0.4) is 0 Å². The molecule has 0 amide bonds.